The predicted octanol–water partition coefficient (Wildman–Crippen LogP) is 3.75. The van der Waals surface area contributed by atoms with Gasteiger partial charge in [0.2, 0.25) is 0 Å². The van der Waals surface area contributed by atoms with Gasteiger partial charge in [0, 0.05) is 10.6 Å². The smallest absolute Gasteiger partial charge is 0.0684 e. The Morgan fingerprint density at radius 2 is 2.13 bits per heavy atom. The average Bonchev–Trinajstić information content (AvgIpc) is 2.25. The fourth-order valence-corrected chi connectivity index (χ4v) is 1.40. The van der Waals surface area contributed by atoms with Gasteiger partial charge in [0.05, 0.1) is 18.1 Å². The van der Waals surface area contributed by atoms with Gasteiger partial charge in [-0.1, -0.05) is 19.0 Å². The Hall–Kier alpha value is -1.25. The van der Waals surface area contributed by atoms with Crippen molar-refractivity contribution >= 4 is 11.6 Å². The highest BCUT2D eigenvalue weighted by atomic mass is 35.5. The minimum Gasteiger partial charge on any atom is -0.256 e. The third-order valence-electron chi connectivity index (χ3n) is 2.05. The van der Waals surface area contributed by atoms with Crippen molar-refractivity contribution < 1.29 is 0 Å². The fraction of sp³-hybridized carbons (Fsp3) is 0.500. The summed E-state index contributed by atoms with van der Waals surface area (Å²) in [5.74, 6) is 0.795. The van der Waals surface area contributed by atoms with E-state index in [4.69, 9.17) is 17.1 Å². The fourth-order valence-electron chi connectivity index (χ4n) is 1.26. The maximum Gasteiger partial charge on any atom is 0.0684 e. The molecule has 0 atom stereocenters. The number of halogens is 1. The summed E-state index contributed by atoms with van der Waals surface area (Å²) in [5.41, 5.74) is 11.0. The lowest BCUT2D eigenvalue weighted by atomic mass is 10.0. The molecule has 1 aromatic heterocycles. The van der Waals surface area contributed by atoms with Gasteiger partial charge in [0.25, 0.3) is 0 Å². The van der Waals surface area contributed by atoms with Crippen molar-refractivity contribution in [2.45, 2.75) is 32.2 Å². The van der Waals surface area contributed by atoms with Crippen LogP contribution in [-0.4, -0.2) is 4.98 Å². The number of azide groups is 1. The van der Waals surface area contributed by atoms with E-state index < -0.39 is 0 Å². The Balaban J connectivity index is 3.05. The molecule has 0 aliphatic carbocycles. The van der Waals surface area contributed by atoms with E-state index in [1.165, 1.54) is 5.56 Å². The first-order chi connectivity index (χ1) is 7.17. The van der Waals surface area contributed by atoms with Crippen molar-refractivity contribution in [2.24, 2.45) is 5.11 Å². The first-order valence-electron chi connectivity index (χ1n) is 4.74. The van der Waals surface area contributed by atoms with Gasteiger partial charge >= 0.3 is 0 Å². The zero-order valence-electron chi connectivity index (χ0n) is 8.81. The Morgan fingerprint density at radius 3 is 2.67 bits per heavy atom. The van der Waals surface area contributed by atoms with Gasteiger partial charge in [-0.25, -0.2) is 0 Å². The van der Waals surface area contributed by atoms with Crippen LogP contribution >= 0.6 is 11.6 Å². The molecule has 0 fully saturated rings. The van der Waals surface area contributed by atoms with Crippen molar-refractivity contribution in [1.29, 1.82) is 0 Å². The molecule has 0 saturated carbocycles. The number of rotatable bonds is 4. The molecule has 0 amide bonds. The summed E-state index contributed by atoms with van der Waals surface area (Å²) in [6, 6.07) is 3.94. The van der Waals surface area contributed by atoms with Crippen molar-refractivity contribution in [2.75, 3.05) is 0 Å². The van der Waals surface area contributed by atoms with Gasteiger partial charge in [-0.3, -0.25) is 4.98 Å². The largest absolute Gasteiger partial charge is 0.256 e. The number of alkyl halides is 1. The molecular weight excluding hydrogens is 212 g/mol. The third-order valence-corrected chi connectivity index (χ3v) is 2.33. The van der Waals surface area contributed by atoms with Crippen LogP contribution in [-0.2, 0) is 12.4 Å². The summed E-state index contributed by atoms with van der Waals surface area (Å²) in [6.07, 6.45) is 0. The van der Waals surface area contributed by atoms with Crippen LogP contribution in [0.5, 0.6) is 0 Å². The quantitative estimate of drug-likeness (QED) is 0.332. The highest BCUT2D eigenvalue weighted by molar-refractivity contribution is 6.16. The van der Waals surface area contributed by atoms with Crippen LogP contribution in [0.2, 0.25) is 0 Å². The van der Waals surface area contributed by atoms with Gasteiger partial charge < -0.3 is 0 Å². The van der Waals surface area contributed by atoms with E-state index in [1.807, 2.05) is 12.1 Å². The molecular formula is C10H13ClN4. The molecule has 0 bridgehead atoms. The predicted molar refractivity (Wildman–Crippen MR) is 60.7 cm³/mol. The molecule has 1 heterocycles. The summed E-state index contributed by atoms with van der Waals surface area (Å²) >= 11 is 5.74. The van der Waals surface area contributed by atoms with Crippen LogP contribution in [0.4, 0.5) is 0 Å². The molecule has 80 valence electrons. The second-order valence-electron chi connectivity index (χ2n) is 3.56. The molecule has 5 heteroatoms. The number of hydrogen-bond donors (Lipinski definition) is 0. The Bertz CT molecular complexity index is 383. The van der Waals surface area contributed by atoms with Gasteiger partial charge in [-0.15, -0.1) is 11.6 Å². The van der Waals surface area contributed by atoms with Gasteiger partial charge in [-0.2, -0.15) is 0 Å². The lowest BCUT2D eigenvalue weighted by molar-refractivity contribution is 0.842. The number of hydrogen-bond acceptors (Lipinski definition) is 2. The molecule has 15 heavy (non-hydrogen) atoms. The summed E-state index contributed by atoms with van der Waals surface area (Å²) in [4.78, 5) is 6.99. The molecule has 0 radical (unpaired) electrons. The number of pyridine rings is 1. The van der Waals surface area contributed by atoms with Crippen LogP contribution < -0.4 is 0 Å². The highest BCUT2D eigenvalue weighted by Crippen LogP contribution is 2.17. The standard InChI is InChI=1S/C10H13ClN4/c1-7(2)8-3-9(5-11)14-10(4-8)6-13-15-12/h3-4,7H,5-6H2,1-2H3. The highest BCUT2D eigenvalue weighted by Gasteiger charge is 2.04. The van der Waals surface area contributed by atoms with Crippen LogP contribution in [0, 0.1) is 0 Å². The van der Waals surface area contributed by atoms with Crippen LogP contribution in [0.15, 0.2) is 17.2 Å². The molecule has 0 saturated heterocycles. The second kappa shape index (κ2) is 5.59. The number of nitrogens with zero attached hydrogens (tertiary/aromatic N) is 4. The van der Waals surface area contributed by atoms with Gasteiger partial charge in [0.1, 0.15) is 0 Å². The monoisotopic (exact) mass is 224 g/mol. The lowest BCUT2D eigenvalue weighted by Gasteiger charge is -2.08. The minimum absolute atomic E-state index is 0.279. The molecule has 1 rings (SSSR count). The van der Waals surface area contributed by atoms with Crippen molar-refractivity contribution in [3.63, 3.8) is 0 Å². The normalized spacial score (nSPS) is 10.1. The Morgan fingerprint density at radius 1 is 1.47 bits per heavy atom. The maximum atomic E-state index is 8.24. The van der Waals surface area contributed by atoms with E-state index in [-0.39, 0.29) is 6.54 Å². The summed E-state index contributed by atoms with van der Waals surface area (Å²) in [6.45, 7) is 4.48. The Kier molecular flexibility index (Phi) is 4.40. The molecule has 0 N–H and O–H groups in total. The molecule has 4 nitrogen and oxygen atoms in total. The van der Waals surface area contributed by atoms with E-state index >= 15 is 0 Å². The van der Waals surface area contributed by atoms with E-state index in [1.54, 1.807) is 0 Å². The van der Waals surface area contributed by atoms with Crippen molar-refractivity contribution in [1.82, 2.24) is 4.98 Å². The SMILES string of the molecule is CC(C)c1cc(CCl)nc(CN=[N+]=[N-])c1. The average molecular weight is 225 g/mol. The third kappa shape index (κ3) is 3.42. The number of aromatic nitrogens is 1. The molecule has 0 unspecified atom stereocenters. The first-order valence-corrected chi connectivity index (χ1v) is 5.27. The van der Waals surface area contributed by atoms with E-state index in [2.05, 4.69) is 28.9 Å². The van der Waals surface area contributed by atoms with Crippen molar-refractivity contribution in [3.8, 4) is 0 Å². The van der Waals surface area contributed by atoms with Gasteiger partial charge in [0.15, 0.2) is 0 Å². The second-order valence-corrected chi connectivity index (χ2v) is 3.83. The zero-order chi connectivity index (χ0) is 11.3. The minimum atomic E-state index is 0.279. The molecule has 0 aliphatic rings. The van der Waals surface area contributed by atoms with Gasteiger partial charge in [-0.05, 0) is 29.1 Å². The first kappa shape index (κ1) is 11.8. The summed E-state index contributed by atoms with van der Waals surface area (Å²) in [7, 11) is 0. The summed E-state index contributed by atoms with van der Waals surface area (Å²) in [5, 5.41) is 3.49. The topological polar surface area (TPSA) is 61.7 Å². The molecule has 0 aromatic carbocycles. The van der Waals surface area contributed by atoms with Crippen LogP contribution in [0.1, 0.15) is 36.7 Å². The molecule has 1 aromatic rings. The van der Waals surface area contributed by atoms with E-state index in [0.717, 1.165) is 11.4 Å². The zero-order valence-corrected chi connectivity index (χ0v) is 9.57. The van der Waals surface area contributed by atoms with Crippen LogP contribution in [0.25, 0.3) is 10.4 Å². The Labute approximate surface area is 93.9 Å². The molecule has 0 aliphatic heterocycles. The molecule has 0 spiro atoms. The summed E-state index contributed by atoms with van der Waals surface area (Å²) < 4.78 is 0. The van der Waals surface area contributed by atoms with E-state index in [9.17, 15) is 0 Å². The van der Waals surface area contributed by atoms with Crippen molar-refractivity contribution in [3.05, 3.63) is 39.5 Å². The van der Waals surface area contributed by atoms with Crippen LogP contribution in [0.3, 0.4) is 0 Å². The van der Waals surface area contributed by atoms with E-state index in [0.29, 0.717) is 11.8 Å². The maximum absolute atomic E-state index is 8.24. The lowest BCUT2D eigenvalue weighted by Crippen LogP contribution is -1.98.